The van der Waals surface area contributed by atoms with E-state index in [-0.39, 0.29) is 11.9 Å². The van der Waals surface area contributed by atoms with Gasteiger partial charge in [-0.15, -0.1) is 0 Å². The summed E-state index contributed by atoms with van der Waals surface area (Å²) in [4.78, 5) is 4.39. The number of aryl methyl sites for hydroxylation is 1. The molecule has 0 aliphatic heterocycles. The molecule has 0 fully saturated rings. The third-order valence-corrected chi connectivity index (χ3v) is 3.35. The first kappa shape index (κ1) is 15.4. The second-order valence-electron chi connectivity index (χ2n) is 5.18. The number of pyridine rings is 1. The van der Waals surface area contributed by atoms with Crippen molar-refractivity contribution in [1.29, 1.82) is 0 Å². The zero-order valence-electron chi connectivity index (χ0n) is 12.5. The lowest BCUT2D eigenvalue weighted by Crippen LogP contribution is -2.21. The first-order valence-corrected chi connectivity index (χ1v) is 7.18. The molecule has 2 N–H and O–H groups in total. The summed E-state index contributed by atoms with van der Waals surface area (Å²) >= 11 is 0. The Labute approximate surface area is 125 Å². The summed E-state index contributed by atoms with van der Waals surface area (Å²) in [5, 5.41) is 0. The molecule has 1 heterocycles. The average molecular weight is 288 g/mol. The Kier molecular flexibility index (Phi) is 5.28. The lowest BCUT2D eigenvalue weighted by Gasteiger charge is -2.14. The highest BCUT2D eigenvalue weighted by Crippen LogP contribution is 2.22. The summed E-state index contributed by atoms with van der Waals surface area (Å²) in [5.41, 5.74) is 8.56. The van der Waals surface area contributed by atoms with E-state index in [1.54, 1.807) is 6.07 Å². The van der Waals surface area contributed by atoms with Gasteiger partial charge in [0.25, 0.3) is 0 Å². The molecular weight excluding hydrogens is 267 g/mol. The molecule has 0 saturated carbocycles. The zero-order chi connectivity index (χ0) is 15.2. The van der Waals surface area contributed by atoms with Crippen LogP contribution in [0.1, 0.15) is 30.3 Å². The highest BCUT2D eigenvalue weighted by molar-refractivity contribution is 5.34. The van der Waals surface area contributed by atoms with Crippen molar-refractivity contribution in [3.05, 3.63) is 59.2 Å². The summed E-state index contributed by atoms with van der Waals surface area (Å²) in [6, 6.07) is 10.4. The molecule has 0 bridgehead atoms. The molecular formula is C17H21FN2O. The first-order chi connectivity index (χ1) is 10.1. The molecule has 0 amide bonds. The quantitative estimate of drug-likeness (QED) is 0.886. The summed E-state index contributed by atoms with van der Waals surface area (Å²) in [7, 11) is 0. The lowest BCUT2D eigenvalue weighted by molar-refractivity contribution is 0.296. The van der Waals surface area contributed by atoms with Gasteiger partial charge in [-0.2, -0.15) is 0 Å². The number of aromatic nitrogens is 1. The average Bonchev–Trinajstić information content (AvgIpc) is 2.46. The van der Waals surface area contributed by atoms with Crippen molar-refractivity contribution in [3.8, 4) is 5.75 Å². The normalized spacial score (nSPS) is 12.2. The molecule has 4 heteroatoms. The van der Waals surface area contributed by atoms with E-state index in [1.165, 1.54) is 12.1 Å². The van der Waals surface area contributed by atoms with E-state index in [4.69, 9.17) is 10.5 Å². The summed E-state index contributed by atoms with van der Waals surface area (Å²) in [6.07, 6.45) is 1.44. The van der Waals surface area contributed by atoms with Gasteiger partial charge in [0.1, 0.15) is 18.2 Å². The van der Waals surface area contributed by atoms with Gasteiger partial charge < -0.3 is 10.5 Å². The van der Waals surface area contributed by atoms with Crippen molar-refractivity contribution < 1.29 is 9.13 Å². The van der Waals surface area contributed by atoms with E-state index in [9.17, 15) is 4.39 Å². The highest BCUT2D eigenvalue weighted by Gasteiger charge is 2.10. The van der Waals surface area contributed by atoms with Crippen LogP contribution in [0, 0.1) is 12.7 Å². The molecule has 1 unspecified atom stereocenters. The van der Waals surface area contributed by atoms with Crippen LogP contribution in [-0.4, -0.2) is 11.0 Å². The Bertz CT molecular complexity index is 601. The highest BCUT2D eigenvalue weighted by atomic mass is 19.1. The van der Waals surface area contributed by atoms with E-state index >= 15 is 0 Å². The first-order valence-electron chi connectivity index (χ1n) is 7.18. The fraction of sp³-hybridized carbons (Fsp3) is 0.353. The van der Waals surface area contributed by atoms with E-state index in [1.807, 2.05) is 32.0 Å². The van der Waals surface area contributed by atoms with Crippen molar-refractivity contribution >= 4 is 0 Å². The molecule has 0 radical (unpaired) electrons. The topological polar surface area (TPSA) is 48.1 Å². The van der Waals surface area contributed by atoms with Crippen molar-refractivity contribution in [2.45, 2.75) is 39.3 Å². The molecule has 0 aliphatic carbocycles. The minimum Gasteiger partial charge on any atom is -0.487 e. The maximum atomic E-state index is 13.4. The standard InChI is InChI=1S/C17H21FN2O/c1-3-15(19)10-13-9-14(18)7-8-17(13)21-11-16-6-4-5-12(2)20-16/h4-9,15H,3,10-11,19H2,1-2H3. The summed E-state index contributed by atoms with van der Waals surface area (Å²) in [6.45, 7) is 4.32. The van der Waals surface area contributed by atoms with Crippen molar-refractivity contribution in [2.75, 3.05) is 0 Å². The van der Waals surface area contributed by atoms with Gasteiger partial charge in [0, 0.05) is 11.7 Å². The number of hydrogen-bond acceptors (Lipinski definition) is 3. The fourth-order valence-electron chi connectivity index (χ4n) is 2.11. The SMILES string of the molecule is CCC(N)Cc1cc(F)ccc1OCc1cccc(C)n1. The van der Waals surface area contributed by atoms with Crippen LogP contribution in [0.3, 0.4) is 0 Å². The van der Waals surface area contributed by atoms with Crippen LogP contribution in [0.4, 0.5) is 4.39 Å². The number of rotatable bonds is 6. The lowest BCUT2D eigenvalue weighted by atomic mass is 10.0. The molecule has 1 aromatic heterocycles. The van der Waals surface area contributed by atoms with Gasteiger partial charge in [0.2, 0.25) is 0 Å². The van der Waals surface area contributed by atoms with Gasteiger partial charge in [-0.05, 0) is 55.7 Å². The predicted molar refractivity (Wildman–Crippen MR) is 81.7 cm³/mol. The van der Waals surface area contributed by atoms with Gasteiger partial charge in [-0.3, -0.25) is 4.98 Å². The Morgan fingerprint density at radius 3 is 2.81 bits per heavy atom. The van der Waals surface area contributed by atoms with E-state index in [2.05, 4.69) is 4.98 Å². The molecule has 2 rings (SSSR count). The number of ether oxygens (including phenoxy) is 1. The van der Waals surface area contributed by atoms with Gasteiger partial charge >= 0.3 is 0 Å². The van der Waals surface area contributed by atoms with E-state index in [0.29, 0.717) is 18.8 Å². The van der Waals surface area contributed by atoms with Crippen LogP contribution >= 0.6 is 0 Å². The Morgan fingerprint density at radius 1 is 1.29 bits per heavy atom. The number of hydrogen-bond donors (Lipinski definition) is 1. The Balaban J connectivity index is 2.11. The molecule has 21 heavy (non-hydrogen) atoms. The summed E-state index contributed by atoms with van der Waals surface area (Å²) < 4.78 is 19.2. The second-order valence-corrected chi connectivity index (χ2v) is 5.18. The van der Waals surface area contributed by atoms with Crippen LogP contribution < -0.4 is 10.5 Å². The smallest absolute Gasteiger partial charge is 0.130 e. The molecule has 0 saturated heterocycles. The maximum Gasteiger partial charge on any atom is 0.130 e. The van der Waals surface area contributed by atoms with Crippen LogP contribution in [0.2, 0.25) is 0 Å². The van der Waals surface area contributed by atoms with Crippen LogP contribution in [0.25, 0.3) is 0 Å². The second kappa shape index (κ2) is 7.18. The van der Waals surface area contributed by atoms with Crippen LogP contribution in [0.15, 0.2) is 36.4 Å². The monoisotopic (exact) mass is 288 g/mol. The van der Waals surface area contributed by atoms with Crippen LogP contribution in [-0.2, 0) is 13.0 Å². The number of nitrogens with zero attached hydrogens (tertiary/aromatic N) is 1. The van der Waals surface area contributed by atoms with Crippen molar-refractivity contribution in [3.63, 3.8) is 0 Å². The zero-order valence-corrected chi connectivity index (χ0v) is 12.5. The number of nitrogens with two attached hydrogens (primary N) is 1. The number of benzene rings is 1. The van der Waals surface area contributed by atoms with Gasteiger partial charge in [-0.1, -0.05) is 13.0 Å². The predicted octanol–water partition coefficient (Wildman–Crippen LogP) is 3.39. The minimum absolute atomic E-state index is 0.00578. The van der Waals surface area contributed by atoms with Crippen LogP contribution in [0.5, 0.6) is 5.75 Å². The maximum absolute atomic E-state index is 13.4. The van der Waals surface area contributed by atoms with Crippen molar-refractivity contribution in [1.82, 2.24) is 4.98 Å². The van der Waals surface area contributed by atoms with Gasteiger partial charge in [0.15, 0.2) is 0 Å². The summed E-state index contributed by atoms with van der Waals surface area (Å²) in [5.74, 6) is 0.401. The Morgan fingerprint density at radius 2 is 2.10 bits per heavy atom. The van der Waals surface area contributed by atoms with Gasteiger partial charge in [-0.25, -0.2) is 4.39 Å². The van der Waals surface area contributed by atoms with E-state index in [0.717, 1.165) is 23.4 Å². The van der Waals surface area contributed by atoms with E-state index < -0.39 is 0 Å². The Hall–Kier alpha value is -1.94. The molecule has 0 aliphatic rings. The van der Waals surface area contributed by atoms with Gasteiger partial charge in [0.05, 0.1) is 5.69 Å². The fourth-order valence-corrected chi connectivity index (χ4v) is 2.11. The minimum atomic E-state index is -0.269. The molecule has 1 atom stereocenters. The largest absolute Gasteiger partial charge is 0.487 e. The molecule has 0 spiro atoms. The molecule has 3 nitrogen and oxygen atoms in total. The van der Waals surface area contributed by atoms with Crippen molar-refractivity contribution in [2.24, 2.45) is 5.73 Å². The molecule has 1 aromatic carbocycles. The molecule has 2 aromatic rings. The molecule has 112 valence electrons. The number of halogens is 1. The third kappa shape index (κ3) is 4.53. The third-order valence-electron chi connectivity index (χ3n) is 3.35.